The highest BCUT2D eigenvalue weighted by atomic mass is 79.9. The summed E-state index contributed by atoms with van der Waals surface area (Å²) in [4.78, 5) is 15.4. The molecule has 0 unspecified atom stereocenters. The third-order valence-electron chi connectivity index (χ3n) is 3.59. The van der Waals surface area contributed by atoms with E-state index in [9.17, 15) is 13.6 Å². The van der Waals surface area contributed by atoms with Gasteiger partial charge in [-0.05, 0) is 47.5 Å². The fourth-order valence-electron chi connectivity index (χ4n) is 2.40. The molecule has 3 rings (SSSR count). The Kier molecular flexibility index (Phi) is 5.27. The predicted octanol–water partition coefficient (Wildman–Crippen LogP) is 4.47. The summed E-state index contributed by atoms with van der Waals surface area (Å²) in [7, 11) is 0. The zero-order valence-corrected chi connectivity index (χ0v) is 15.0. The molecule has 0 atom stereocenters. The van der Waals surface area contributed by atoms with Gasteiger partial charge in [0.2, 0.25) is 0 Å². The first-order valence-corrected chi connectivity index (χ1v) is 8.35. The van der Waals surface area contributed by atoms with Crippen molar-refractivity contribution >= 4 is 21.8 Å². The van der Waals surface area contributed by atoms with Crippen LogP contribution in [-0.2, 0) is 6.61 Å². The van der Waals surface area contributed by atoms with Crippen LogP contribution in [0.5, 0.6) is 5.75 Å². The molecule has 0 fully saturated rings. The molecule has 3 aromatic rings. The van der Waals surface area contributed by atoms with Crippen molar-refractivity contribution in [3.63, 3.8) is 0 Å². The summed E-state index contributed by atoms with van der Waals surface area (Å²) < 4.78 is 33.0. The van der Waals surface area contributed by atoms with Gasteiger partial charge in [0.1, 0.15) is 29.7 Å². The number of ether oxygens (including phenoxy) is 1. The van der Waals surface area contributed by atoms with E-state index in [4.69, 9.17) is 10.5 Å². The van der Waals surface area contributed by atoms with Gasteiger partial charge < -0.3 is 10.5 Å². The van der Waals surface area contributed by atoms with Crippen LogP contribution in [-0.4, -0.2) is 10.9 Å². The molecule has 1 amide bonds. The van der Waals surface area contributed by atoms with Crippen LogP contribution in [0, 0.1) is 11.6 Å². The number of hydrogen-bond donors (Lipinski definition) is 1. The molecule has 0 saturated heterocycles. The van der Waals surface area contributed by atoms with E-state index >= 15 is 0 Å². The first-order chi connectivity index (χ1) is 12.4. The van der Waals surface area contributed by atoms with E-state index < -0.39 is 5.91 Å². The quantitative estimate of drug-likeness (QED) is 0.664. The molecule has 2 N–H and O–H groups in total. The van der Waals surface area contributed by atoms with Crippen molar-refractivity contribution in [2.75, 3.05) is 0 Å². The molecule has 0 bridgehead atoms. The first-order valence-electron chi connectivity index (χ1n) is 7.56. The molecule has 1 heterocycles. The van der Waals surface area contributed by atoms with Crippen LogP contribution in [0.1, 0.15) is 16.1 Å². The lowest BCUT2D eigenvalue weighted by Gasteiger charge is -2.13. The monoisotopic (exact) mass is 418 g/mol. The van der Waals surface area contributed by atoms with Crippen LogP contribution in [0.2, 0.25) is 0 Å². The number of pyridine rings is 1. The molecular weight excluding hydrogens is 406 g/mol. The predicted molar refractivity (Wildman–Crippen MR) is 96.6 cm³/mol. The molecule has 0 spiro atoms. The summed E-state index contributed by atoms with van der Waals surface area (Å²) in [5.74, 6) is -1.10. The number of nitrogens with zero attached hydrogens (tertiary/aromatic N) is 1. The molecule has 0 aliphatic heterocycles. The van der Waals surface area contributed by atoms with E-state index in [-0.39, 0.29) is 23.9 Å². The molecule has 0 aliphatic carbocycles. The maximum Gasteiger partial charge on any atom is 0.267 e. The number of rotatable bonds is 5. The maximum atomic E-state index is 13.5. The second-order valence-electron chi connectivity index (χ2n) is 5.50. The second-order valence-corrected chi connectivity index (χ2v) is 6.42. The topological polar surface area (TPSA) is 65.2 Å². The van der Waals surface area contributed by atoms with Crippen molar-refractivity contribution in [2.45, 2.75) is 6.61 Å². The van der Waals surface area contributed by atoms with Gasteiger partial charge in [-0.1, -0.05) is 28.1 Å². The van der Waals surface area contributed by atoms with Crippen LogP contribution in [0.4, 0.5) is 8.78 Å². The summed E-state index contributed by atoms with van der Waals surface area (Å²) in [5, 5.41) is 0. The Morgan fingerprint density at radius 3 is 2.46 bits per heavy atom. The molecule has 26 heavy (non-hydrogen) atoms. The second kappa shape index (κ2) is 7.61. The van der Waals surface area contributed by atoms with Crippen LogP contribution >= 0.6 is 15.9 Å². The van der Waals surface area contributed by atoms with E-state index in [0.717, 1.165) is 0 Å². The SMILES string of the molecule is NC(=O)c1cc(-c2ccc(F)cc2)c(OCc2cc(F)cc(Br)c2)cn1. The van der Waals surface area contributed by atoms with Crippen molar-refractivity contribution in [2.24, 2.45) is 5.73 Å². The van der Waals surface area contributed by atoms with Gasteiger partial charge in [0.15, 0.2) is 0 Å². The zero-order chi connectivity index (χ0) is 18.7. The van der Waals surface area contributed by atoms with Crippen LogP contribution in [0.25, 0.3) is 11.1 Å². The lowest BCUT2D eigenvalue weighted by Crippen LogP contribution is -2.13. The van der Waals surface area contributed by atoms with Crippen molar-refractivity contribution in [1.82, 2.24) is 4.98 Å². The normalized spacial score (nSPS) is 10.6. The largest absolute Gasteiger partial charge is 0.487 e. The molecule has 1 aromatic heterocycles. The van der Waals surface area contributed by atoms with Crippen LogP contribution < -0.4 is 10.5 Å². The van der Waals surface area contributed by atoms with Crippen molar-refractivity contribution in [3.8, 4) is 16.9 Å². The first kappa shape index (κ1) is 18.0. The molecular formula is C19H13BrF2N2O2. The van der Waals surface area contributed by atoms with Crippen LogP contribution in [0.3, 0.4) is 0 Å². The van der Waals surface area contributed by atoms with Gasteiger partial charge in [-0.2, -0.15) is 0 Å². The summed E-state index contributed by atoms with van der Waals surface area (Å²) >= 11 is 3.23. The molecule has 0 aliphatic rings. The maximum absolute atomic E-state index is 13.5. The summed E-state index contributed by atoms with van der Waals surface area (Å²) in [6.45, 7) is 0.0855. The number of aromatic nitrogens is 1. The minimum atomic E-state index is -0.686. The highest BCUT2D eigenvalue weighted by molar-refractivity contribution is 9.10. The average Bonchev–Trinajstić information content (AvgIpc) is 2.59. The lowest BCUT2D eigenvalue weighted by atomic mass is 10.0. The highest BCUT2D eigenvalue weighted by Crippen LogP contribution is 2.31. The number of carbonyl (C=O) groups is 1. The Balaban J connectivity index is 1.95. The van der Waals surface area contributed by atoms with E-state index in [2.05, 4.69) is 20.9 Å². The number of halogens is 3. The molecule has 0 radical (unpaired) electrons. The highest BCUT2D eigenvalue weighted by Gasteiger charge is 2.13. The number of nitrogens with two attached hydrogens (primary N) is 1. The molecule has 132 valence electrons. The third-order valence-corrected chi connectivity index (χ3v) is 4.05. The van der Waals surface area contributed by atoms with Crippen molar-refractivity contribution in [3.05, 3.63) is 82.1 Å². The van der Waals surface area contributed by atoms with E-state index in [1.165, 1.54) is 36.5 Å². The standard InChI is InChI=1S/C19H13BrF2N2O2/c20-13-5-11(6-15(22)7-13)10-26-18-9-24-17(19(23)25)8-16(18)12-1-3-14(21)4-2-12/h1-9H,10H2,(H2,23,25). The fourth-order valence-corrected chi connectivity index (χ4v) is 2.92. The van der Waals surface area contributed by atoms with E-state index in [1.807, 2.05) is 0 Å². The average molecular weight is 419 g/mol. The minimum absolute atomic E-state index is 0.0603. The van der Waals surface area contributed by atoms with Gasteiger partial charge in [0.05, 0.1) is 6.20 Å². The Labute approximate surface area is 156 Å². The summed E-state index contributed by atoms with van der Waals surface area (Å²) in [6, 6.07) is 11.6. The molecule has 0 saturated carbocycles. The fraction of sp³-hybridized carbons (Fsp3) is 0.0526. The number of benzene rings is 2. The molecule has 2 aromatic carbocycles. The van der Waals surface area contributed by atoms with Crippen molar-refractivity contribution in [1.29, 1.82) is 0 Å². The Hall–Kier alpha value is -2.80. The van der Waals surface area contributed by atoms with Gasteiger partial charge >= 0.3 is 0 Å². The van der Waals surface area contributed by atoms with E-state index in [0.29, 0.717) is 26.9 Å². The number of primary amides is 1. The van der Waals surface area contributed by atoms with Gasteiger partial charge in [0, 0.05) is 10.0 Å². The number of hydrogen-bond acceptors (Lipinski definition) is 3. The minimum Gasteiger partial charge on any atom is -0.487 e. The lowest BCUT2D eigenvalue weighted by molar-refractivity contribution is 0.0995. The number of amides is 1. The van der Waals surface area contributed by atoms with Gasteiger partial charge in [-0.25, -0.2) is 13.8 Å². The van der Waals surface area contributed by atoms with Gasteiger partial charge in [-0.15, -0.1) is 0 Å². The molecule has 7 heteroatoms. The van der Waals surface area contributed by atoms with Gasteiger partial charge in [0.25, 0.3) is 5.91 Å². The Morgan fingerprint density at radius 2 is 1.81 bits per heavy atom. The number of carbonyl (C=O) groups excluding carboxylic acids is 1. The van der Waals surface area contributed by atoms with E-state index in [1.54, 1.807) is 18.2 Å². The smallest absolute Gasteiger partial charge is 0.267 e. The van der Waals surface area contributed by atoms with Crippen molar-refractivity contribution < 1.29 is 18.3 Å². The Morgan fingerprint density at radius 1 is 1.08 bits per heavy atom. The Bertz CT molecular complexity index is 942. The zero-order valence-electron chi connectivity index (χ0n) is 13.4. The third kappa shape index (κ3) is 4.23. The summed E-state index contributed by atoms with van der Waals surface area (Å²) in [5.41, 5.74) is 7.12. The van der Waals surface area contributed by atoms with Crippen LogP contribution in [0.15, 0.2) is 59.2 Å². The van der Waals surface area contributed by atoms with Gasteiger partial charge in [-0.3, -0.25) is 4.79 Å². The molecule has 4 nitrogen and oxygen atoms in total. The summed E-state index contributed by atoms with van der Waals surface area (Å²) in [6.07, 6.45) is 1.37.